The third-order valence-electron chi connectivity index (χ3n) is 4.10. The number of amides is 1. The molecule has 0 saturated heterocycles. The fourth-order valence-corrected chi connectivity index (χ4v) is 3.66. The molecule has 0 aliphatic carbocycles. The number of nitrogens with one attached hydrogen (secondary N) is 1. The first-order chi connectivity index (χ1) is 12.8. The first-order valence-electron chi connectivity index (χ1n) is 8.46. The predicted molar refractivity (Wildman–Crippen MR) is 110 cm³/mol. The van der Waals surface area contributed by atoms with Gasteiger partial charge in [-0.15, -0.1) is 0 Å². The largest absolute Gasteiger partial charge is 0.397 e. The Morgan fingerprint density at radius 3 is 2.30 bits per heavy atom. The molecule has 0 saturated carbocycles. The van der Waals surface area contributed by atoms with E-state index in [2.05, 4.69) is 5.32 Å². The Morgan fingerprint density at radius 2 is 1.67 bits per heavy atom. The van der Waals surface area contributed by atoms with Crippen molar-refractivity contribution in [2.75, 3.05) is 17.7 Å². The van der Waals surface area contributed by atoms with Crippen molar-refractivity contribution < 1.29 is 14.3 Å². The molecule has 1 unspecified atom stereocenters. The molecule has 0 bridgehead atoms. The zero-order valence-electron chi connectivity index (χ0n) is 14.9. The van der Waals surface area contributed by atoms with Gasteiger partial charge in [0.25, 0.3) is 5.91 Å². The Bertz CT molecular complexity index is 996. The van der Waals surface area contributed by atoms with E-state index in [1.165, 1.54) is 6.66 Å². The van der Waals surface area contributed by atoms with E-state index in [-0.39, 0.29) is 12.1 Å². The highest BCUT2D eigenvalue weighted by Gasteiger charge is 2.13. The van der Waals surface area contributed by atoms with Crippen LogP contribution in [0, 0.1) is 0 Å². The Kier molecular flexibility index (Phi) is 5.45. The fourth-order valence-electron chi connectivity index (χ4n) is 2.77. The molecule has 4 N–H and O–H groups in total. The highest BCUT2D eigenvalue weighted by molar-refractivity contribution is 7.56. The third-order valence-corrected chi connectivity index (χ3v) is 5.05. The van der Waals surface area contributed by atoms with E-state index in [0.717, 1.165) is 11.1 Å². The van der Waals surface area contributed by atoms with Gasteiger partial charge < -0.3 is 15.9 Å². The summed E-state index contributed by atoms with van der Waals surface area (Å²) in [6, 6.07) is 22.0. The van der Waals surface area contributed by atoms with Crippen LogP contribution in [0.1, 0.15) is 15.9 Å². The van der Waals surface area contributed by atoms with Crippen LogP contribution < -0.4 is 11.1 Å². The highest BCUT2D eigenvalue weighted by atomic mass is 31.2. The molecule has 6 heteroatoms. The van der Waals surface area contributed by atoms with Gasteiger partial charge in [0.2, 0.25) is 7.37 Å². The van der Waals surface area contributed by atoms with Crippen LogP contribution in [0.4, 0.5) is 11.4 Å². The van der Waals surface area contributed by atoms with Crippen molar-refractivity contribution in [2.45, 2.75) is 6.16 Å². The number of hydrogen-bond donors (Lipinski definition) is 3. The lowest BCUT2D eigenvalue weighted by molar-refractivity contribution is 0.102. The van der Waals surface area contributed by atoms with Crippen LogP contribution in [0.2, 0.25) is 0 Å². The summed E-state index contributed by atoms with van der Waals surface area (Å²) in [7, 11) is -3.14. The summed E-state index contributed by atoms with van der Waals surface area (Å²) in [6.07, 6.45) is 0.0843. The van der Waals surface area contributed by atoms with E-state index in [9.17, 15) is 14.3 Å². The molecular formula is C21H21N2O3P. The maximum Gasteiger partial charge on any atom is 0.255 e. The zero-order valence-corrected chi connectivity index (χ0v) is 15.8. The lowest BCUT2D eigenvalue weighted by atomic mass is 10.0. The summed E-state index contributed by atoms with van der Waals surface area (Å²) >= 11 is 0. The summed E-state index contributed by atoms with van der Waals surface area (Å²) in [5.41, 5.74) is 10.2. The minimum Gasteiger partial charge on any atom is -0.397 e. The van der Waals surface area contributed by atoms with Crippen molar-refractivity contribution in [3.63, 3.8) is 0 Å². The molecule has 1 atom stereocenters. The zero-order chi connectivity index (χ0) is 19.4. The second-order valence-corrected chi connectivity index (χ2v) is 8.95. The molecule has 3 aromatic rings. The van der Waals surface area contributed by atoms with Crippen LogP contribution >= 0.6 is 7.37 Å². The van der Waals surface area contributed by atoms with Crippen LogP contribution in [-0.4, -0.2) is 17.5 Å². The summed E-state index contributed by atoms with van der Waals surface area (Å²) in [4.78, 5) is 22.0. The monoisotopic (exact) mass is 380 g/mol. The van der Waals surface area contributed by atoms with Gasteiger partial charge in [-0.1, -0.05) is 48.5 Å². The van der Waals surface area contributed by atoms with E-state index >= 15 is 0 Å². The Morgan fingerprint density at radius 1 is 1.00 bits per heavy atom. The number of nitrogens with two attached hydrogens (primary N) is 1. The molecule has 0 fully saturated rings. The fraction of sp³-hybridized carbons (Fsp3) is 0.0952. The average molecular weight is 380 g/mol. The molecule has 5 nitrogen and oxygen atoms in total. The summed E-state index contributed by atoms with van der Waals surface area (Å²) < 4.78 is 11.5. The van der Waals surface area contributed by atoms with Gasteiger partial charge >= 0.3 is 0 Å². The summed E-state index contributed by atoms with van der Waals surface area (Å²) in [5, 5.41) is 2.84. The molecule has 1 amide bonds. The maximum absolute atomic E-state index is 12.5. The minimum atomic E-state index is -3.14. The van der Waals surface area contributed by atoms with Gasteiger partial charge in [0, 0.05) is 18.4 Å². The smallest absolute Gasteiger partial charge is 0.255 e. The van der Waals surface area contributed by atoms with Gasteiger partial charge in [-0.3, -0.25) is 9.36 Å². The van der Waals surface area contributed by atoms with Crippen molar-refractivity contribution in [2.24, 2.45) is 0 Å². The third kappa shape index (κ3) is 5.07. The van der Waals surface area contributed by atoms with Crippen LogP contribution in [0.5, 0.6) is 0 Å². The van der Waals surface area contributed by atoms with E-state index in [1.54, 1.807) is 30.3 Å². The molecule has 138 valence electrons. The van der Waals surface area contributed by atoms with E-state index < -0.39 is 7.37 Å². The molecular weight excluding hydrogens is 359 g/mol. The Hall–Kier alpha value is -2.88. The van der Waals surface area contributed by atoms with E-state index in [1.807, 2.05) is 42.5 Å². The Balaban J connectivity index is 1.79. The highest BCUT2D eigenvalue weighted by Crippen LogP contribution is 2.39. The standard InChI is InChI=1S/C21H21N2O3P/c1-27(25,26)14-15-7-9-17(10-8-15)21(24)23-20-13-18(11-12-19(20)22)16-5-3-2-4-6-16/h2-13H,14,22H2,1H3,(H,23,24)(H,25,26). The molecule has 27 heavy (non-hydrogen) atoms. The summed E-state index contributed by atoms with van der Waals surface area (Å²) in [5.74, 6) is -0.290. The topological polar surface area (TPSA) is 92.4 Å². The molecule has 0 spiro atoms. The Labute approximate surface area is 158 Å². The van der Waals surface area contributed by atoms with E-state index in [0.29, 0.717) is 22.5 Å². The number of benzene rings is 3. The van der Waals surface area contributed by atoms with Gasteiger partial charge in [0.05, 0.1) is 11.4 Å². The average Bonchev–Trinajstić information content (AvgIpc) is 2.63. The number of rotatable bonds is 5. The molecule has 3 aromatic carbocycles. The lowest BCUT2D eigenvalue weighted by Crippen LogP contribution is -2.13. The first kappa shape index (κ1) is 18.9. The molecule has 0 heterocycles. The number of hydrogen-bond acceptors (Lipinski definition) is 3. The van der Waals surface area contributed by atoms with Crippen molar-refractivity contribution in [1.29, 1.82) is 0 Å². The molecule has 0 aliphatic heterocycles. The second-order valence-electron chi connectivity index (χ2n) is 6.53. The number of anilines is 2. The van der Waals surface area contributed by atoms with Gasteiger partial charge in [0.15, 0.2) is 0 Å². The number of carbonyl (C=O) groups is 1. The van der Waals surface area contributed by atoms with Crippen molar-refractivity contribution >= 4 is 24.7 Å². The van der Waals surface area contributed by atoms with Crippen LogP contribution in [0.25, 0.3) is 11.1 Å². The van der Waals surface area contributed by atoms with Crippen molar-refractivity contribution in [3.8, 4) is 11.1 Å². The van der Waals surface area contributed by atoms with Gasteiger partial charge in [-0.05, 0) is 41.0 Å². The normalized spacial score (nSPS) is 13.0. The first-order valence-corrected chi connectivity index (χ1v) is 10.8. The minimum absolute atomic E-state index is 0.0843. The van der Waals surface area contributed by atoms with Crippen molar-refractivity contribution in [3.05, 3.63) is 83.9 Å². The SMILES string of the molecule is CP(=O)(O)Cc1ccc(C(=O)Nc2cc(-c3ccccc3)ccc2N)cc1. The van der Waals surface area contributed by atoms with Gasteiger partial charge in [-0.2, -0.15) is 0 Å². The molecule has 0 aromatic heterocycles. The quantitative estimate of drug-likeness (QED) is 0.446. The van der Waals surface area contributed by atoms with Gasteiger partial charge in [-0.25, -0.2) is 0 Å². The van der Waals surface area contributed by atoms with Crippen LogP contribution in [0.3, 0.4) is 0 Å². The number of nitrogen functional groups attached to an aromatic ring is 1. The van der Waals surface area contributed by atoms with E-state index in [4.69, 9.17) is 5.73 Å². The van der Waals surface area contributed by atoms with Crippen LogP contribution in [0.15, 0.2) is 72.8 Å². The lowest BCUT2D eigenvalue weighted by Gasteiger charge is -2.11. The maximum atomic E-state index is 12.5. The van der Waals surface area contributed by atoms with Crippen LogP contribution in [-0.2, 0) is 10.7 Å². The predicted octanol–water partition coefficient (Wildman–Crippen LogP) is 4.59. The summed E-state index contributed by atoms with van der Waals surface area (Å²) in [6.45, 7) is 1.32. The second kappa shape index (κ2) is 7.78. The molecule has 0 aliphatic rings. The number of carbonyl (C=O) groups excluding carboxylic acids is 1. The molecule has 3 rings (SSSR count). The van der Waals surface area contributed by atoms with Gasteiger partial charge in [0.1, 0.15) is 0 Å². The molecule has 0 radical (unpaired) electrons. The van der Waals surface area contributed by atoms with Crippen molar-refractivity contribution in [1.82, 2.24) is 0 Å².